The van der Waals surface area contributed by atoms with Gasteiger partial charge in [-0.3, -0.25) is 14.9 Å². The van der Waals surface area contributed by atoms with Crippen LogP contribution >= 0.6 is 11.8 Å². The van der Waals surface area contributed by atoms with E-state index in [-0.39, 0.29) is 5.76 Å². The molecule has 0 unspecified atom stereocenters. The van der Waals surface area contributed by atoms with E-state index >= 15 is 0 Å². The second kappa shape index (κ2) is 9.05. The molecule has 0 saturated heterocycles. The normalized spacial score (nSPS) is 10.5. The Morgan fingerprint density at radius 3 is 2.71 bits per heavy atom. The third-order valence-electron chi connectivity index (χ3n) is 3.49. The van der Waals surface area contributed by atoms with Gasteiger partial charge in [-0.05, 0) is 31.2 Å². The number of hydrogen-bond acceptors (Lipinski definition) is 8. The fourth-order valence-corrected chi connectivity index (χ4v) is 3.15. The monoisotopic (exact) mass is 400 g/mol. The van der Waals surface area contributed by atoms with E-state index in [0.29, 0.717) is 22.0 Å². The highest BCUT2D eigenvalue weighted by molar-refractivity contribution is 7.98. The predicted molar refractivity (Wildman–Crippen MR) is 98.7 cm³/mol. The minimum atomic E-state index is -0.753. The Labute approximate surface area is 164 Å². The second-order valence-electron chi connectivity index (χ2n) is 5.65. The first-order chi connectivity index (χ1) is 13.5. The van der Waals surface area contributed by atoms with Crippen molar-refractivity contribution in [2.75, 3.05) is 6.61 Å². The van der Waals surface area contributed by atoms with Crippen molar-refractivity contribution in [3.05, 3.63) is 71.5 Å². The van der Waals surface area contributed by atoms with E-state index in [2.05, 4.69) is 10.5 Å². The van der Waals surface area contributed by atoms with Crippen LogP contribution in [0.3, 0.4) is 0 Å². The van der Waals surface area contributed by atoms with E-state index in [1.54, 1.807) is 24.3 Å². The number of aryl methyl sites for hydroxylation is 1. The summed E-state index contributed by atoms with van der Waals surface area (Å²) in [5.41, 5.74) is 1.09. The number of furan rings is 1. The Kier molecular flexibility index (Phi) is 6.28. The number of esters is 1. The Balaban J connectivity index is 1.55. The highest BCUT2D eigenvalue weighted by atomic mass is 32.2. The maximum absolute atomic E-state index is 12.3. The number of hydrogen-bond donors (Lipinski definition) is 1. The van der Waals surface area contributed by atoms with E-state index in [1.807, 2.05) is 13.0 Å². The first kappa shape index (κ1) is 19.4. The van der Waals surface area contributed by atoms with Gasteiger partial charge in [0.05, 0.1) is 23.3 Å². The lowest BCUT2D eigenvalue weighted by Crippen LogP contribution is -2.34. The molecule has 2 heterocycles. The van der Waals surface area contributed by atoms with Gasteiger partial charge in [-0.25, -0.2) is 4.79 Å². The van der Waals surface area contributed by atoms with Crippen LogP contribution in [0, 0.1) is 6.92 Å². The minimum Gasteiger partial charge on any atom is -0.459 e. The van der Waals surface area contributed by atoms with Crippen LogP contribution in [0.2, 0.25) is 0 Å². The number of ether oxygens (including phenoxy) is 1. The summed E-state index contributed by atoms with van der Waals surface area (Å²) < 4.78 is 15.1. The van der Waals surface area contributed by atoms with Gasteiger partial charge < -0.3 is 13.7 Å². The predicted octanol–water partition coefficient (Wildman–Crippen LogP) is 2.98. The number of benzene rings is 1. The molecule has 0 fully saturated rings. The first-order valence-corrected chi connectivity index (χ1v) is 9.20. The lowest BCUT2D eigenvalue weighted by molar-refractivity contribution is -0.123. The fraction of sp³-hybridized carbons (Fsp3) is 0.158. The smallest absolute Gasteiger partial charge is 0.339 e. The molecular formula is C19H16N2O6S. The number of nitrogens with zero attached hydrogens (tertiary/aromatic N) is 1. The number of carbonyl (C=O) groups is 3. The molecule has 0 spiro atoms. The molecular weight excluding hydrogens is 384 g/mol. The molecule has 0 aliphatic heterocycles. The van der Waals surface area contributed by atoms with E-state index in [0.717, 1.165) is 5.69 Å². The maximum atomic E-state index is 12.3. The molecule has 0 atom stereocenters. The molecule has 3 aromatic rings. The summed E-state index contributed by atoms with van der Waals surface area (Å²) in [6.45, 7) is 1.23. The van der Waals surface area contributed by atoms with Gasteiger partial charge in [0, 0.05) is 11.0 Å². The number of imide groups is 1. The lowest BCUT2D eigenvalue weighted by atomic mass is 10.2. The Morgan fingerprint density at radius 2 is 2.00 bits per heavy atom. The van der Waals surface area contributed by atoms with E-state index in [1.165, 1.54) is 30.2 Å². The SMILES string of the molecule is Cc1cc(CSc2ccccc2C(=O)OCC(=O)NC(=O)c2ccco2)on1. The molecule has 0 saturated carbocycles. The summed E-state index contributed by atoms with van der Waals surface area (Å²) in [5.74, 6) is -0.965. The molecule has 9 heteroatoms. The van der Waals surface area contributed by atoms with E-state index in [4.69, 9.17) is 13.7 Å². The van der Waals surface area contributed by atoms with Crippen LogP contribution < -0.4 is 5.32 Å². The van der Waals surface area contributed by atoms with Crippen LogP contribution in [-0.4, -0.2) is 29.5 Å². The first-order valence-electron chi connectivity index (χ1n) is 8.22. The molecule has 144 valence electrons. The lowest BCUT2D eigenvalue weighted by Gasteiger charge is -2.08. The van der Waals surface area contributed by atoms with Gasteiger partial charge in [-0.2, -0.15) is 0 Å². The Morgan fingerprint density at radius 1 is 1.18 bits per heavy atom. The van der Waals surface area contributed by atoms with Crippen molar-refractivity contribution in [1.29, 1.82) is 0 Å². The number of nitrogens with one attached hydrogen (secondary N) is 1. The summed E-state index contributed by atoms with van der Waals surface area (Å²) in [5, 5.41) is 5.90. The van der Waals surface area contributed by atoms with Crippen molar-refractivity contribution >= 4 is 29.5 Å². The summed E-state index contributed by atoms with van der Waals surface area (Å²) >= 11 is 1.38. The van der Waals surface area contributed by atoms with Crippen LogP contribution in [0.4, 0.5) is 0 Å². The number of rotatable bonds is 7. The van der Waals surface area contributed by atoms with Gasteiger partial charge in [0.1, 0.15) is 5.76 Å². The third kappa shape index (κ3) is 5.10. The average Bonchev–Trinajstić information content (AvgIpc) is 3.36. The third-order valence-corrected chi connectivity index (χ3v) is 4.58. The zero-order valence-electron chi connectivity index (χ0n) is 14.8. The van der Waals surface area contributed by atoms with Crippen LogP contribution in [0.25, 0.3) is 0 Å². The molecule has 1 N–H and O–H groups in total. The van der Waals surface area contributed by atoms with Crippen LogP contribution in [0.15, 0.2) is 62.6 Å². The van der Waals surface area contributed by atoms with E-state index < -0.39 is 24.4 Å². The fourth-order valence-electron chi connectivity index (χ4n) is 2.24. The molecule has 28 heavy (non-hydrogen) atoms. The van der Waals surface area contributed by atoms with Gasteiger partial charge in [0.25, 0.3) is 11.8 Å². The van der Waals surface area contributed by atoms with Gasteiger partial charge in [0.15, 0.2) is 12.4 Å². The van der Waals surface area contributed by atoms with Crippen molar-refractivity contribution in [2.24, 2.45) is 0 Å². The number of aromatic nitrogens is 1. The van der Waals surface area contributed by atoms with Crippen LogP contribution in [0.5, 0.6) is 0 Å². The van der Waals surface area contributed by atoms with Crippen molar-refractivity contribution in [2.45, 2.75) is 17.6 Å². The largest absolute Gasteiger partial charge is 0.459 e. The molecule has 0 aliphatic rings. The Hall–Kier alpha value is -3.33. The maximum Gasteiger partial charge on any atom is 0.339 e. The second-order valence-corrected chi connectivity index (χ2v) is 6.67. The molecule has 2 amide bonds. The average molecular weight is 400 g/mol. The molecule has 2 aromatic heterocycles. The molecule has 3 rings (SSSR count). The molecule has 8 nitrogen and oxygen atoms in total. The highest BCUT2D eigenvalue weighted by Crippen LogP contribution is 2.27. The van der Waals surface area contributed by atoms with Crippen molar-refractivity contribution in [3.63, 3.8) is 0 Å². The standard InChI is InChI=1S/C19H16N2O6S/c1-12-9-13(27-21-12)11-28-16-7-3-2-5-14(16)19(24)26-10-17(22)20-18(23)15-6-4-8-25-15/h2-9H,10-11H2,1H3,(H,20,22,23). The summed E-state index contributed by atoms with van der Waals surface area (Å²) in [6.07, 6.45) is 1.31. The van der Waals surface area contributed by atoms with Gasteiger partial charge in [-0.1, -0.05) is 17.3 Å². The number of carbonyl (C=O) groups excluding carboxylic acids is 3. The number of thioether (sulfide) groups is 1. The molecule has 0 aliphatic carbocycles. The summed E-state index contributed by atoms with van der Waals surface area (Å²) in [6, 6.07) is 11.6. The topological polar surface area (TPSA) is 112 Å². The quantitative estimate of drug-likeness (QED) is 0.476. The van der Waals surface area contributed by atoms with Gasteiger partial charge in [0.2, 0.25) is 0 Å². The highest BCUT2D eigenvalue weighted by Gasteiger charge is 2.17. The van der Waals surface area contributed by atoms with Crippen molar-refractivity contribution in [1.82, 2.24) is 10.5 Å². The van der Waals surface area contributed by atoms with Crippen LogP contribution in [-0.2, 0) is 15.3 Å². The molecule has 0 bridgehead atoms. The van der Waals surface area contributed by atoms with Gasteiger partial charge in [-0.15, -0.1) is 11.8 Å². The summed E-state index contributed by atoms with van der Waals surface area (Å²) in [7, 11) is 0. The number of amides is 2. The minimum absolute atomic E-state index is 0.0101. The molecule has 1 aromatic carbocycles. The Bertz CT molecular complexity index is 980. The summed E-state index contributed by atoms with van der Waals surface area (Å²) in [4.78, 5) is 36.5. The zero-order chi connectivity index (χ0) is 19.9. The van der Waals surface area contributed by atoms with Crippen molar-refractivity contribution in [3.8, 4) is 0 Å². The van der Waals surface area contributed by atoms with Crippen molar-refractivity contribution < 1.29 is 28.1 Å². The van der Waals surface area contributed by atoms with Crippen LogP contribution in [0.1, 0.15) is 32.4 Å². The zero-order valence-corrected chi connectivity index (χ0v) is 15.7. The van der Waals surface area contributed by atoms with Gasteiger partial charge >= 0.3 is 5.97 Å². The molecule has 0 radical (unpaired) electrons. The van der Waals surface area contributed by atoms with E-state index in [9.17, 15) is 14.4 Å².